The van der Waals surface area contributed by atoms with Gasteiger partial charge in [0.05, 0.1) is 15.9 Å². The number of nitrogens with two attached hydrogens (primary N) is 1. The molecule has 0 bridgehead atoms. The summed E-state index contributed by atoms with van der Waals surface area (Å²) >= 11 is 3.56. The second kappa shape index (κ2) is 5.00. The molecule has 0 aliphatic heterocycles. The summed E-state index contributed by atoms with van der Waals surface area (Å²) in [6, 6.07) is 8.18. The Morgan fingerprint density at radius 3 is 2.58 bits per heavy atom. The minimum atomic E-state index is 0.181. The van der Waals surface area contributed by atoms with Crippen LogP contribution in [0.15, 0.2) is 28.7 Å². The van der Waals surface area contributed by atoms with Crippen molar-refractivity contribution in [1.82, 2.24) is 9.78 Å². The molecule has 3 nitrogen and oxygen atoms in total. The SMILES string of the molecule is Cc1cccc(-n2nc(CC(C)(C)C)c(Br)c2N)c1. The summed E-state index contributed by atoms with van der Waals surface area (Å²) in [5.74, 6) is 0.657. The Morgan fingerprint density at radius 1 is 1.32 bits per heavy atom. The van der Waals surface area contributed by atoms with Crippen LogP contribution in [-0.4, -0.2) is 9.78 Å². The smallest absolute Gasteiger partial charge is 0.141 e. The Balaban J connectivity index is 2.46. The summed E-state index contributed by atoms with van der Waals surface area (Å²) in [5, 5.41) is 4.65. The molecule has 1 heterocycles. The number of nitrogen functional groups attached to an aromatic ring is 1. The van der Waals surface area contributed by atoms with E-state index in [1.807, 2.05) is 12.1 Å². The number of benzene rings is 1. The quantitative estimate of drug-likeness (QED) is 0.904. The molecule has 4 heteroatoms. The maximum atomic E-state index is 6.16. The highest BCUT2D eigenvalue weighted by atomic mass is 79.9. The summed E-state index contributed by atoms with van der Waals surface area (Å²) in [5.41, 5.74) is 9.54. The van der Waals surface area contributed by atoms with Crippen LogP contribution in [-0.2, 0) is 6.42 Å². The molecule has 2 N–H and O–H groups in total. The molecule has 102 valence electrons. The van der Waals surface area contributed by atoms with E-state index in [-0.39, 0.29) is 5.41 Å². The molecule has 0 unspecified atom stereocenters. The summed E-state index contributed by atoms with van der Waals surface area (Å²) in [4.78, 5) is 0. The Labute approximate surface area is 122 Å². The van der Waals surface area contributed by atoms with E-state index in [0.717, 1.165) is 22.3 Å². The topological polar surface area (TPSA) is 43.8 Å². The van der Waals surface area contributed by atoms with Crippen molar-refractivity contribution in [3.8, 4) is 5.69 Å². The lowest BCUT2D eigenvalue weighted by atomic mass is 9.91. The average Bonchev–Trinajstić information content (AvgIpc) is 2.55. The lowest BCUT2D eigenvalue weighted by molar-refractivity contribution is 0.404. The van der Waals surface area contributed by atoms with Crippen LogP contribution in [0.2, 0.25) is 0 Å². The molecule has 2 rings (SSSR count). The summed E-state index contributed by atoms with van der Waals surface area (Å²) < 4.78 is 2.71. The summed E-state index contributed by atoms with van der Waals surface area (Å²) in [6.45, 7) is 8.65. The first-order valence-electron chi connectivity index (χ1n) is 6.38. The van der Waals surface area contributed by atoms with Crippen LogP contribution in [0.1, 0.15) is 32.0 Å². The van der Waals surface area contributed by atoms with Crippen LogP contribution < -0.4 is 5.73 Å². The Morgan fingerprint density at radius 2 is 2.00 bits per heavy atom. The van der Waals surface area contributed by atoms with E-state index in [2.05, 4.69) is 60.9 Å². The second-order valence-electron chi connectivity index (χ2n) is 6.13. The van der Waals surface area contributed by atoms with Gasteiger partial charge in [-0.1, -0.05) is 32.9 Å². The van der Waals surface area contributed by atoms with Gasteiger partial charge in [0.2, 0.25) is 0 Å². The molecular formula is C15H20BrN3. The Kier molecular flexibility index (Phi) is 3.72. The molecular weight excluding hydrogens is 302 g/mol. The number of hydrogen-bond donors (Lipinski definition) is 1. The van der Waals surface area contributed by atoms with Crippen molar-refractivity contribution in [2.45, 2.75) is 34.1 Å². The minimum absolute atomic E-state index is 0.181. The normalized spacial score (nSPS) is 11.8. The van der Waals surface area contributed by atoms with Crippen molar-refractivity contribution in [3.63, 3.8) is 0 Å². The molecule has 0 saturated heterocycles. The third-order valence-electron chi connectivity index (χ3n) is 2.87. The van der Waals surface area contributed by atoms with Gasteiger partial charge >= 0.3 is 0 Å². The number of aryl methyl sites for hydroxylation is 1. The van der Waals surface area contributed by atoms with Gasteiger partial charge in [-0.3, -0.25) is 0 Å². The molecule has 0 aliphatic carbocycles. The molecule has 2 aromatic rings. The van der Waals surface area contributed by atoms with Gasteiger partial charge in [0, 0.05) is 0 Å². The molecule has 0 spiro atoms. The number of nitrogens with zero attached hydrogens (tertiary/aromatic N) is 2. The largest absolute Gasteiger partial charge is 0.383 e. The zero-order chi connectivity index (χ0) is 14.2. The number of aromatic nitrogens is 2. The third kappa shape index (κ3) is 3.18. The molecule has 19 heavy (non-hydrogen) atoms. The summed E-state index contributed by atoms with van der Waals surface area (Å²) in [6.07, 6.45) is 0.886. The maximum absolute atomic E-state index is 6.16. The lowest BCUT2D eigenvalue weighted by Crippen LogP contribution is -2.10. The van der Waals surface area contributed by atoms with E-state index in [9.17, 15) is 0 Å². The van der Waals surface area contributed by atoms with Crippen LogP contribution in [0.3, 0.4) is 0 Å². The fraction of sp³-hybridized carbons (Fsp3) is 0.400. The predicted molar refractivity (Wildman–Crippen MR) is 83.6 cm³/mol. The zero-order valence-electron chi connectivity index (χ0n) is 11.9. The van der Waals surface area contributed by atoms with Gasteiger partial charge in [-0.05, 0) is 52.4 Å². The monoisotopic (exact) mass is 321 g/mol. The fourth-order valence-corrected chi connectivity index (χ4v) is 2.42. The van der Waals surface area contributed by atoms with Gasteiger partial charge in [-0.2, -0.15) is 5.10 Å². The van der Waals surface area contributed by atoms with Gasteiger partial charge in [-0.25, -0.2) is 4.68 Å². The van der Waals surface area contributed by atoms with E-state index >= 15 is 0 Å². The average molecular weight is 322 g/mol. The van der Waals surface area contributed by atoms with Crippen molar-refractivity contribution in [2.24, 2.45) is 5.41 Å². The van der Waals surface area contributed by atoms with Gasteiger partial charge < -0.3 is 5.73 Å². The van der Waals surface area contributed by atoms with Crippen LogP contribution in [0.25, 0.3) is 5.69 Å². The van der Waals surface area contributed by atoms with Gasteiger partial charge in [-0.15, -0.1) is 0 Å². The Hall–Kier alpha value is -1.29. The van der Waals surface area contributed by atoms with E-state index in [1.165, 1.54) is 5.56 Å². The first-order valence-corrected chi connectivity index (χ1v) is 7.17. The van der Waals surface area contributed by atoms with E-state index in [4.69, 9.17) is 5.73 Å². The van der Waals surface area contributed by atoms with Crippen molar-refractivity contribution >= 4 is 21.7 Å². The van der Waals surface area contributed by atoms with E-state index in [1.54, 1.807) is 4.68 Å². The van der Waals surface area contributed by atoms with E-state index in [0.29, 0.717) is 5.82 Å². The highest BCUT2D eigenvalue weighted by molar-refractivity contribution is 9.10. The third-order valence-corrected chi connectivity index (χ3v) is 3.74. The number of hydrogen-bond acceptors (Lipinski definition) is 2. The standard InChI is InChI=1S/C15H20BrN3/c1-10-6-5-7-11(8-10)19-14(17)13(16)12(18-19)9-15(2,3)4/h5-8H,9,17H2,1-4H3. The Bertz CT molecular complexity index is 594. The van der Waals surface area contributed by atoms with Gasteiger partial charge in [0.1, 0.15) is 5.82 Å². The highest BCUT2D eigenvalue weighted by Crippen LogP contribution is 2.31. The first-order chi connectivity index (χ1) is 8.78. The lowest BCUT2D eigenvalue weighted by Gasteiger charge is -2.16. The van der Waals surface area contributed by atoms with Gasteiger partial charge in [0.25, 0.3) is 0 Å². The fourth-order valence-electron chi connectivity index (χ4n) is 2.03. The van der Waals surface area contributed by atoms with Crippen molar-refractivity contribution in [2.75, 3.05) is 5.73 Å². The van der Waals surface area contributed by atoms with Crippen molar-refractivity contribution in [1.29, 1.82) is 0 Å². The van der Waals surface area contributed by atoms with Crippen LogP contribution in [0.5, 0.6) is 0 Å². The molecule has 0 amide bonds. The van der Waals surface area contributed by atoms with Crippen molar-refractivity contribution in [3.05, 3.63) is 40.0 Å². The molecule has 0 saturated carbocycles. The molecule has 0 radical (unpaired) electrons. The highest BCUT2D eigenvalue weighted by Gasteiger charge is 2.20. The molecule has 1 aromatic heterocycles. The first kappa shape index (κ1) is 14.1. The number of halogens is 1. The second-order valence-corrected chi connectivity index (χ2v) is 6.93. The maximum Gasteiger partial charge on any atom is 0.141 e. The minimum Gasteiger partial charge on any atom is -0.383 e. The van der Waals surface area contributed by atoms with E-state index < -0.39 is 0 Å². The number of rotatable bonds is 2. The van der Waals surface area contributed by atoms with Gasteiger partial charge in [0.15, 0.2) is 0 Å². The molecule has 1 aromatic carbocycles. The van der Waals surface area contributed by atoms with Crippen LogP contribution in [0, 0.1) is 12.3 Å². The molecule has 0 fully saturated rings. The molecule has 0 atom stereocenters. The number of anilines is 1. The molecule has 0 aliphatic rings. The van der Waals surface area contributed by atoms with Crippen molar-refractivity contribution < 1.29 is 0 Å². The van der Waals surface area contributed by atoms with Crippen LogP contribution >= 0.6 is 15.9 Å². The zero-order valence-corrected chi connectivity index (χ0v) is 13.5. The predicted octanol–water partition coefficient (Wildman–Crippen LogP) is 4.11. The van der Waals surface area contributed by atoms with Crippen LogP contribution in [0.4, 0.5) is 5.82 Å². The summed E-state index contributed by atoms with van der Waals surface area (Å²) in [7, 11) is 0.